The maximum absolute atomic E-state index is 9.84. The van der Waals surface area contributed by atoms with Crippen LogP contribution in [0.15, 0.2) is 0 Å². The van der Waals surface area contributed by atoms with Crippen LogP contribution in [-0.2, 0) is 0 Å². The fourth-order valence-electron chi connectivity index (χ4n) is 4.65. The molecule has 0 spiro atoms. The average Bonchev–Trinajstić information content (AvgIpc) is 2.39. The number of alkyl halides is 1. The minimum absolute atomic E-state index is 0.00116. The fraction of sp³-hybridized carbons (Fsp3) is 1.00. The molecule has 1 N–H and O–H groups in total. The van der Waals surface area contributed by atoms with Crippen LogP contribution in [0.2, 0.25) is 0 Å². The van der Waals surface area contributed by atoms with Crippen molar-refractivity contribution in [1.29, 1.82) is 0 Å². The molecule has 0 aromatic carbocycles. The Bertz CT molecular complexity index is 220. The summed E-state index contributed by atoms with van der Waals surface area (Å²) in [6.45, 7) is 0. The predicted molar refractivity (Wildman–Crippen MR) is 44.3 cm³/mol. The molecule has 8 atom stereocenters. The second kappa shape index (κ2) is 1.44. The first-order valence-electron chi connectivity index (χ1n) is 4.63. The topological polar surface area (TPSA) is 20.2 Å². The minimum atomic E-state index is -0.00116. The van der Waals surface area contributed by atoms with E-state index in [1.807, 2.05) is 0 Å². The first-order valence-corrected chi connectivity index (χ1v) is 5.54. The molecule has 1 nitrogen and oxygen atoms in total. The molecule has 5 aliphatic carbocycles. The molecule has 0 saturated heterocycles. The van der Waals surface area contributed by atoms with Crippen LogP contribution in [-0.4, -0.2) is 16.0 Å². The molecule has 8 unspecified atom stereocenters. The Morgan fingerprint density at radius 3 is 2.18 bits per heavy atom. The predicted octanol–water partition coefficient (Wildman–Crippen LogP) is 1.25. The molecular formula is C9H11BrO. The van der Waals surface area contributed by atoms with E-state index in [2.05, 4.69) is 15.9 Å². The van der Waals surface area contributed by atoms with E-state index in [9.17, 15) is 5.11 Å². The highest BCUT2D eigenvalue weighted by Gasteiger charge is 2.79. The van der Waals surface area contributed by atoms with Crippen molar-refractivity contribution in [3.63, 3.8) is 0 Å². The van der Waals surface area contributed by atoms with E-state index < -0.39 is 0 Å². The van der Waals surface area contributed by atoms with Crippen LogP contribution in [0.1, 0.15) is 6.42 Å². The van der Waals surface area contributed by atoms with E-state index in [-0.39, 0.29) is 6.10 Å². The van der Waals surface area contributed by atoms with Gasteiger partial charge in [0.05, 0.1) is 6.10 Å². The molecule has 0 aliphatic heterocycles. The molecule has 0 heterocycles. The van der Waals surface area contributed by atoms with Gasteiger partial charge in [-0.05, 0) is 41.9 Å². The monoisotopic (exact) mass is 214 g/mol. The zero-order valence-electron chi connectivity index (χ0n) is 6.15. The van der Waals surface area contributed by atoms with Crippen LogP contribution >= 0.6 is 15.9 Å². The zero-order valence-corrected chi connectivity index (χ0v) is 7.74. The van der Waals surface area contributed by atoms with Gasteiger partial charge < -0.3 is 5.11 Å². The molecule has 5 rings (SSSR count). The number of rotatable bonds is 0. The maximum Gasteiger partial charge on any atom is 0.0701 e. The van der Waals surface area contributed by atoms with Gasteiger partial charge in [-0.3, -0.25) is 0 Å². The van der Waals surface area contributed by atoms with Crippen molar-refractivity contribution >= 4 is 15.9 Å². The summed E-state index contributed by atoms with van der Waals surface area (Å²) in [7, 11) is 0. The van der Waals surface area contributed by atoms with Crippen LogP contribution in [0.5, 0.6) is 0 Å². The maximum atomic E-state index is 9.84. The molecule has 5 saturated carbocycles. The normalized spacial score (nSPS) is 81.3. The van der Waals surface area contributed by atoms with Crippen molar-refractivity contribution < 1.29 is 5.11 Å². The smallest absolute Gasteiger partial charge is 0.0701 e. The van der Waals surface area contributed by atoms with Crippen LogP contribution in [0.4, 0.5) is 0 Å². The van der Waals surface area contributed by atoms with Gasteiger partial charge in [0.2, 0.25) is 0 Å². The van der Waals surface area contributed by atoms with Gasteiger partial charge in [-0.25, -0.2) is 0 Å². The van der Waals surface area contributed by atoms with Gasteiger partial charge in [0.25, 0.3) is 0 Å². The summed E-state index contributed by atoms with van der Waals surface area (Å²) in [4.78, 5) is 0.450. The standard InChI is InChI=1S/C9H11BrO/c10-8-6-3-1-2-4(6)5(2)7(3)9(8)11/h2-9,11H,1H2. The molecule has 0 amide bonds. The van der Waals surface area contributed by atoms with Gasteiger partial charge >= 0.3 is 0 Å². The lowest BCUT2D eigenvalue weighted by Gasteiger charge is -2.20. The number of hydrogen-bond acceptors (Lipinski definition) is 1. The number of aliphatic hydroxyl groups is 1. The first kappa shape index (κ1) is 5.98. The van der Waals surface area contributed by atoms with Crippen LogP contribution < -0.4 is 0 Å². The van der Waals surface area contributed by atoms with Crippen LogP contribution in [0, 0.1) is 35.5 Å². The molecular weight excluding hydrogens is 204 g/mol. The lowest BCUT2D eigenvalue weighted by Crippen LogP contribution is -2.28. The third-order valence-corrected chi connectivity index (χ3v) is 5.95. The minimum Gasteiger partial charge on any atom is -0.392 e. The van der Waals surface area contributed by atoms with Gasteiger partial charge in [0, 0.05) is 4.83 Å². The number of hydrogen-bond donors (Lipinski definition) is 1. The van der Waals surface area contributed by atoms with E-state index in [1.165, 1.54) is 6.42 Å². The summed E-state index contributed by atoms with van der Waals surface area (Å²) in [6, 6.07) is 0. The lowest BCUT2D eigenvalue weighted by atomic mass is 9.98. The molecule has 60 valence electrons. The van der Waals surface area contributed by atoms with E-state index in [1.54, 1.807) is 0 Å². The van der Waals surface area contributed by atoms with E-state index >= 15 is 0 Å². The Hall–Kier alpha value is 0.440. The van der Waals surface area contributed by atoms with E-state index in [0.717, 1.165) is 29.6 Å². The van der Waals surface area contributed by atoms with Crippen molar-refractivity contribution in [2.75, 3.05) is 0 Å². The lowest BCUT2D eigenvalue weighted by molar-refractivity contribution is 0.111. The highest BCUT2D eigenvalue weighted by Crippen LogP contribution is 2.81. The fourth-order valence-corrected chi connectivity index (χ4v) is 5.75. The summed E-state index contributed by atoms with van der Waals surface area (Å²) in [5.41, 5.74) is 0. The molecule has 6 bridgehead atoms. The van der Waals surface area contributed by atoms with Crippen LogP contribution in [0.25, 0.3) is 0 Å². The van der Waals surface area contributed by atoms with Crippen molar-refractivity contribution in [3.8, 4) is 0 Å². The zero-order chi connectivity index (χ0) is 7.33. The van der Waals surface area contributed by atoms with Gasteiger partial charge in [0.15, 0.2) is 0 Å². The highest BCUT2D eigenvalue weighted by atomic mass is 79.9. The molecule has 0 aromatic heterocycles. The molecule has 11 heavy (non-hydrogen) atoms. The molecule has 2 heteroatoms. The summed E-state index contributed by atoms with van der Waals surface area (Å²) in [6.07, 6.45) is 1.45. The van der Waals surface area contributed by atoms with Crippen molar-refractivity contribution in [2.24, 2.45) is 35.5 Å². The third kappa shape index (κ3) is 0.413. The highest BCUT2D eigenvalue weighted by molar-refractivity contribution is 9.09. The number of halogens is 1. The quantitative estimate of drug-likeness (QED) is 0.603. The summed E-state index contributed by atoms with van der Waals surface area (Å²) < 4.78 is 0. The van der Waals surface area contributed by atoms with Crippen molar-refractivity contribution in [1.82, 2.24) is 0 Å². The molecule has 0 radical (unpaired) electrons. The second-order valence-electron chi connectivity index (χ2n) is 4.81. The van der Waals surface area contributed by atoms with Crippen molar-refractivity contribution in [3.05, 3.63) is 0 Å². The van der Waals surface area contributed by atoms with Gasteiger partial charge in [-0.15, -0.1) is 0 Å². The van der Waals surface area contributed by atoms with Crippen molar-refractivity contribution in [2.45, 2.75) is 17.4 Å². The van der Waals surface area contributed by atoms with Gasteiger partial charge in [0.1, 0.15) is 0 Å². The second-order valence-corrected chi connectivity index (χ2v) is 5.87. The molecule has 5 fully saturated rings. The summed E-state index contributed by atoms with van der Waals surface area (Å²) in [5.74, 6) is 5.54. The summed E-state index contributed by atoms with van der Waals surface area (Å²) >= 11 is 3.64. The summed E-state index contributed by atoms with van der Waals surface area (Å²) in [5, 5.41) is 9.84. The van der Waals surface area contributed by atoms with Gasteiger partial charge in [-0.2, -0.15) is 0 Å². The largest absolute Gasteiger partial charge is 0.392 e. The Balaban J connectivity index is 1.90. The SMILES string of the molecule is OC1C(Br)C2C3CC4C(C13)C42. The molecule has 0 aromatic rings. The third-order valence-electron chi connectivity index (χ3n) is 4.80. The van der Waals surface area contributed by atoms with Gasteiger partial charge in [-0.1, -0.05) is 15.9 Å². The van der Waals surface area contributed by atoms with E-state index in [0.29, 0.717) is 10.7 Å². The average molecular weight is 215 g/mol. The van der Waals surface area contributed by atoms with Crippen LogP contribution in [0.3, 0.4) is 0 Å². The Morgan fingerprint density at radius 1 is 1.00 bits per heavy atom. The first-order chi connectivity index (χ1) is 5.30. The Kier molecular flexibility index (Phi) is 0.781. The molecule has 5 aliphatic rings. The van der Waals surface area contributed by atoms with E-state index in [4.69, 9.17) is 0 Å². The Morgan fingerprint density at radius 2 is 1.64 bits per heavy atom. The Labute approximate surface area is 74.3 Å². The number of aliphatic hydroxyl groups excluding tert-OH is 1.